The fourth-order valence-electron chi connectivity index (χ4n) is 8.25. The number of rotatable bonds is 22. The van der Waals surface area contributed by atoms with Gasteiger partial charge in [-0.2, -0.15) is 0 Å². The van der Waals surface area contributed by atoms with Gasteiger partial charge in [0, 0.05) is 13.1 Å². The van der Waals surface area contributed by atoms with Gasteiger partial charge in [0.25, 0.3) is 0 Å². The quantitative estimate of drug-likeness (QED) is 0.0727. The van der Waals surface area contributed by atoms with E-state index in [1.54, 1.807) is 13.8 Å². The van der Waals surface area contributed by atoms with Gasteiger partial charge in [-0.1, -0.05) is 55.4 Å². The van der Waals surface area contributed by atoms with Gasteiger partial charge in [-0.15, -0.1) is 0 Å². The minimum atomic E-state index is -1.11. The van der Waals surface area contributed by atoms with E-state index in [0.29, 0.717) is 32.1 Å². The Morgan fingerprint density at radius 3 is 1.60 bits per heavy atom. The van der Waals surface area contributed by atoms with Gasteiger partial charge in [0.05, 0.1) is 12.6 Å². The SMILES string of the molecule is CC(C)C[C@H](NC(=O)CNC(=O)[C@@H]1CCCN1)C(=O)N[C@@H](C)C(=O)N[C@@H](CC(C)C)C(=O)N1CCC[C@H]1C(=O)N[C@H](C(=O)N[C@@H](CC(C)C)C(=O)N1CCC[C@H]1C(=O)O)C(C)C. The second kappa shape index (κ2) is 24.1. The summed E-state index contributed by atoms with van der Waals surface area (Å²) in [4.78, 5) is 122. The highest BCUT2D eigenvalue weighted by Crippen LogP contribution is 2.23. The molecule has 8 N–H and O–H groups in total. The third-order valence-corrected chi connectivity index (χ3v) is 11.5. The second-order valence-corrected chi connectivity index (χ2v) is 18.7. The molecule has 62 heavy (non-hydrogen) atoms. The van der Waals surface area contributed by atoms with Gasteiger partial charge in [-0.25, -0.2) is 4.79 Å². The van der Waals surface area contributed by atoms with Crippen molar-refractivity contribution in [2.45, 2.75) is 168 Å². The Kier molecular flexibility index (Phi) is 20.1. The number of carboxylic acids is 1. The van der Waals surface area contributed by atoms with Crippen molar-refractivity contribution in [1.82, 2.24) is 47.0 Å². The fourth-order valence-corrected chi connectivity index (χ4v) is 8.25. The van der Waals surface area contributed by atoms with Crippen LogP contribution in [0.5, 0.6) is 0 Å². The van der Waals surface area contributed by atoms with E-state index in [2.05, 4.69) is 37.2 Å². The van der Waals surface area contributed by atoms with Crippen molar-refractivity contribution in [3.63, 3.8) is 0 Å². The highest BCUT2D eigenvalue weighted by Gasteiger charge is 2.42. The molecule has 8 amide bonds. The van der Waals surface area contributed by atoms with Crippen LogP contribution >= 0.6 is 0 Å². The van der Waals surface area contributed by atoms with Crippen molar-refractivity contribution in [3.05, 3.63) is 0 Å². The monoisotopic (exact) mass is 876 g/mol. The predicted octanol–water partition coefficient (Wildman–Crippen LogP) is 0.159. The molecule has 3 aliphatic heterocycles. The van der Waals surface area contributed by atoms with Crippen molar-refractivity contribution in [3.8, 4) is 0 Å². The first-order valence-electron chi connectivity index (χ1n) is 22.5. The van der Waals surface area contributed by atoms with Crippen LogP contribution in [0, 0.1) is 23.7 Å². The summed E-state index contributed by atoms with van der Waals surface area (Å²) in [6, 6.07) is -7.53. The average Bonchev–Trinajstić information content (AvgIpc) is 4.00. The minimum absolute atomic E-state index is 0.00402. The Morgan fingerprint density at radius 2 is 1.10 bits per heavy atom. The van der Waals surface area contributed by atoms with Crippen LogP contribution in [0.3, 0.4) is 0 Å². The zero-order chi connectivity index (χ0) is 46.4. The smallest absolute Gasteiger partial charge is 0.326 e. The number of hydrogen-bond donors (Lipinski definition) is 8. The number of carbonyl (C=O) groups excluding carboxylic acids is 8. The topological polar surface area (TPSA) is 265 Å². The lowest BCUT2D eigenvalue weighted by Crippen LogP contribution is -2.60. The molecule has 19 heteroatoms. The number of nitrogens with one attached hydrogen (secondary N) is 7. The molecular formula is C43H73N9O10. The van der Waals surface area contributed by atoms with E-state index in [9.17, 15) is 48.3 Å². The molecule has 3 saturated heterocycles. The number of amides is 8. The summed E-state index contributed by atoms with van der Waals surface area (Å²) in [6.45, 7) is 17.1. The summed E-state index contributed by atoms with van der Waals surface area (Å²) < 4.78 is 0. The number of carboxylic acid groups (broad SMARTS) is 1. The van der Waals surface area contributed by atoms with E-state index in [0.717, 1.165) is 13.0 Å². The molecule has 0 saturated carbocycles. The molecule has 3 rings (SSSR count). The summed E-state index contributed by atoms with van der Waals surface area (Å²) in [7, 11) is 0. The maximum absolute atomic E-state index is 14.2. The van der Waals surface area contributed by atoms with Gasteiger partial charge in [-0.05, 0) is 94.9 Å². The minimum Gasteiger partial charge on any atom is -0.480 e. The van der Waals surface area contributed by atoms with Gasteiger partial charge < -0.3 is 52.1 Å². The number of aliphatic carboxylic acids is 1. The molecule has 8 atom stereocenters. The van der Waals surface area contributed by atoms with Crippen molar-refractivity contribution in [1.29, 1.82) is 0 Å². The van der Waals surface area contributed by atoms with Crippen molar-refractivity contribution in [2.75, 3.05) is 26.2 Å². The van der Waals surface area contributed by atoms with Crippen LogP contribution in [0.1, 0.15) is 120 Å². The van der Waals surface area contributed by atoms with Crippen LogP contribution in [-0.2, 0) is 43.2 Å². The Hall–Kier alpha value is -4.81. The molecule has 0 aliphatic carbocycles. The molecule has 3 heterocycles. The van der Waals surface area contributed by atoms with Crippen LogP contribution in [0.2, 0.25) is 0 Å². The number of hydrogen-bond acceptors (Lipinski definition) is 10. The highest BCUT2D eigenvalue weighted by molar-refractivity contribution is 5.98. The van der Waals surface area contributed by atoms with E-state index in [4.69, 9.17) is 0 Å². The Labute approximate surface area is 366 Å². The van der Waals surface area contributed by atoms with Crippen molar-refractivity contribution in [2.24, 2.45) is 23.7 Å². The number of carbonyl (C=O) groups is 9. The lowest BCUT2D eigenvalue weighted by molar-refractivity contribution is -0.149. The molecule has 0 radical (unpaired) electrons. The summed E-state index contributed by atoms with van der Waals surface area (Å²) in [5, 5.41) is 29.0. The standard InChI is InChI=1S/C43H73N9O10/c1-23(2)19-29(47-34(53)22-45-37(55)28-13-10-16-44-28)38(56)46-27(9)36(54)48-30(20-24(3)4)41(59)51-17-11-14-32(51)39(57)50-35(26(7)8)40(58)49-31(21-25(5)6)42(60)52-18-12-15-33(52)43(61)62/h23-33,35,44H,10-22H2,1-9H3,(H,45,55)(H,46,56)(H,47,53)(H,48,54)(H,49,58)(H,50,57)(H,61,62)/t27-,28-,29-,30-,31-,32-,33-,35-/m0/s1. The summed E-state index contributed by atoms with van der Waals surface area (Å²) in [5.74, 6) is -5.84. The predicted molar refractivity (Wildman–Crippen MR) is 230 cm³/mol. The van der Waals surface area contributed by atoms with E-state index in [1.165, 1.54) is 16.7 Å². The molecule has 350 valence electrons. The Balaban J connectivity index is 1.67. The van der Waals surface area contributed by atoms with E-state index in [-0.39, 0.29) is 68.6 Å². The van der Waals surface area contributed by atoms with Crippen LogP contribution in [-0.4, -0.2) is 143 Å². The summed E-state index contributed by atoms with van der Waals surface area (Å²) in [6.07, 6.45) is 3.95. The molecule has 0 bridgehead atoms. The largest absolute Gasteiger partial charge is 0.480 e. The molecular weight excluding hydrogens is 803 g/mol. The molecule has 0 aromatic heterocycles. The average molecular weight is 876 g/mol. The van der Waals surface area contributed by atoms with Crippen LogP contribution in [0.15, 0.2) is 0 Å². The second-order valence-electron chi connectivity index (χ2n) is 18.7. The Bertz CT molecular complexity index is 1620. The van der Waals surface area contributed by atoms with Gasteiger partial charge >= 0.3 is 5.97 Å². The zero-order valence-corrected chi connectivity index (χ0v) is 38.1. The van der Waals surface area contributed by atoms with E-state index in [1.807, 2.05) is 41.5 Å². The van der Waals surface area contributed by atoms with Gasteiger partial charge in [0.2, 0.25) is 47.3 Å². The highest BCUT2D eigenvalue weighted by atomic mass is 16.4. The molecule has 0 unspecified atom stereocenters. The normalized spacial score (nSPS) is 21.3. The van der Waals surface area contributed by atoms with E-state index >= 15 is 0 Å². The molecule has 3 fully saturated rings. The lowest BCUT2D eigenvalue weighted by Gasteiger charge is -2.32. The van der Waals surface area contributed by atoms with Crippen LogP contribution < -0.4 is 37.2 Å². The van der Waals surface area contributed by atoms with Gasteiger partial charge in [0.1, 0.15) is 42.3 Å². The van der Waals surface area contributed by atoms with Crippen molar-refractivity contribution < 1.29 is 48.3 Å². The fraction of sp³-hybridized carbons (Fsp3) is 0.791. The van der Waals surface area contributed by atoms with Crippen LogP contribution in [0.25, 0.3) is 0 Å². The third-order valence-electron chi connectivity index (χ3n) is 11.5. The first kappa shape index (κ1) is 51.5. The molecule has 0 aromatic carbocycles. The van der Waals surface area contributed by atoms with Gasteiger partial charge in [-0.3, -0.25) is 38.4 Å². The molecule has 19 nitrogen and oxygen atoms in total. The first-order valence-corrected chi connectivity index (χ1v) is 22.5. The summed E-state index contributed by atoms with van der Waals surface area (Å²) >= 11 is 0. The van der Waals surface area contributed by atoms with Crippen molar-refractivity contribution >= 4 is 53.2 Å². The first-order chi connectivity index (χ1) is 29.1. The maximum Gasteiger partial charge on any atom is 0.326 e. The zero-order valence-electron chi connectivity index (χ0n) is 38.1. The number of likely N-dealkylation sites (tertiary alicyclic amines) is 2. The Morgan fingerprint density at radius 1 is 0.581 bits per heavy atom. The molecule has 0 spiro atoms. The molecule has 3 aliphatic rings. The van der Waals surface area contributed by atoms with Crippen LogP contribution in [0.4, 0.5) is 0 Å². The van der Waals surface area contributed by atoms with Gasteiger partial charge in [0.15, 0.2) is 0 Å². The lowest BCUT2D eigenvalue weighted by atomic mass is 9.98. The molecule has 0 aromatic rings. The maximum atomic E-state index is 14.2. The number of nitrogens with zero attached hydrogens (tertiary/aromatic N) is 2. The van der Waals surface area contributed by atoms with E-state index < -0.39 is 95.5 Å². The summed E-state index contributed by atoms with van der Waals surface area (Å²) in [5.41, 5.74) is 0. The third kappa shape index (κ3) is 15.2.